The zero-order valence-electron chi connectivity index (χ0n) is 10.2. The summed E-state index contributed by atoms with van der Waals surface area (Å²) in [5.74, 6) is -0.215. The van der Waals surface area contributed by atoms with Crippen molar-refractivity contribution in [2.24, 2.45) is 0 Å². The third-order valence-corrected chi connectivity index (χ3v) is 3.05. The van der Waals surface area contributed by atoms with Crippen molar-refractivity contribution in [1.29, 1.82) is 0 Å². The molecule has 0 aliphatic carbocycles. The molecule has 17 heavy (non-hydrogen) atoms. The quantitative estimate of drug-likeness (QED) is 0.821. The van der Waals surface area contributed by atoms with Crippen LogP contribution in [-0.4, -0.2) is 18.6 Å². The van der Waals surface area contributed by atoms with Crippen LogP contribution in [0.5, 0.6) is 0 Å². The first-order valence-electron chi connectivity index (χ1n) is 5.75. The lowest BCUT2D eigenvalue weighted by molar-refractivity contribution is -0.144. The minimum Gasteiger partial charge on any atom is -0.460 e. The standard InChI is InChI=1S/C13H18BrNO2/c1-3-10(2)15-8-13(16)17-9-11-4-6-12(14)7-5-11/h4-7,10,15H,3,8-9H2,1-2H3. The van der Waals surface area contributed by atoms with Gasteiger partial charge in [-0.15, -0.1) is 0 Å². The van der Waals surface area contributed by atoms with Gasteiger partial charge in [-0.25, -0.2) is 0 Å². The highest BCUT2D eigenvalue weighted by molar-refractivity contribution is 9.10. The van der Waals surface area contributed by atoms with Crippen LogP contribution in [0.15, 0.2) is 28.7 Å². The average molecular weight is 300 g/mol. The Morgan fingerprint density at radius 3 is 2.65 bits per heavy atom. The van der Waals surface area contributed by atoms with Crippen molar-refractivity contribution < 1.29 is 9.53 Å². The maximum absolute atomic E-state index is 11.4. The van der Waals surface area contributed by atoms with Crippen molar-refractivity contribution in [3.63, 3.8) is 0 Å². The van der Waals surface area contributed by atoms with Gasteiger partial charge in [0.1, 0.15) is 6.61 Å². The van der Waals surface area contributed by atoms with E-state index in [0.717, 1.165) is 16.5 Å². The molecular weight excluding hydrogens is 282 g/mol. The van der Waals surface area contributed by atoms with Gasteiger partial charge in [-0.1, -0.05) is 35.0 Å². The van der Waals surface area contributed by atoms with E-state index in [2.05, 4.69) is 28.2 Å². The summed E-state index contributed by atoms with van der Waals surface area (Å²) in [6.07, 6.45) is 1.000. The van der Waals surface area contributed by atoms with Gasteiger partial charge in [0.05, 0.1) is 6.54 Å². The Balaban J connectivity index is 2.26. The summed E-state index contributed by atoms with van der Waals surface area (Å²) in [7, 11) is 0. The highest BCUT2D eigenvalue weighted by Crippen LogP contribution is 2.11. The predicted molar refractivity (Wildman–Crippen MR) is 71.7 cm³/mol. The topological polar surface area (TPSA) is 38.3 Å². The number of benzene rings is 1. The molecule has 0 fully saturated rings. The summed E-state index contributed by atoms with van der Waals surface area (Å²) in [6.45, 7) is 4.71. The summed E-state index contributed by atoms with van der Waals surface area (Å²) in [5, 5.41) is 3.10. The van der Waals surface area contributed by atoms with E-state index >= 15 is 0 Å². The van der Waals surface area contributed by atoms with Crippen LogP contribution in [0.4, 0.5) is 0 Å². The van der Waals surface area contributed by atoms with Gasteiger partial charge < -0.3 is 10.1 Å². The Kier molecular flexibility index (Phi) is 6.22. The first kappa shape index (κ1) is 14.2. The number of carbonyl (C=O) groups excluding carboxylic acids is 1. The summed E-state index contributed by atoms with van der Waals surface area (Å²) < 4.78 is 6.17. The van der Waals surface area contributed by atoms with Gasteiger partial charge in [-0.05, 0) is 31.0 Å². The number of esters is 1. The van der Waals surface area contributed by atoms with Crippen molar-refractivity contribution in [3.8, 4) is 0 Å². The maximum Gasteiger partial charge on any atom is 0.320 e. The second-order valence-corrected chi connectivity index (χ2v) is 4.89. The van der Waals surface area contributed by atoms with E-state index in [0.29, 0.717) is 12.6 Å². The molecule has 0 bridgehead atoms. The van der Waals surface area contributed by atoms with E-state index in [-0.39, 0.29) is 12.5 Å². The molecule has 0 spiro atoms. The van der Waals surface area contributed by atoms with Gasteiger partial charge in [0.15, 0.2) is 0 Å². The smallest absolute Gasteiger partial charge is 0.320 e. The lowest BCUT2D eigenvalue weighted by atomic mass is 10.2. The molecule has 94 valence electrons. The molecule has 0 heterocycles. The van der Waals surface area contributed by atoms with E-state index in [1.165, 1.54) is 0 Å². The van der Waals surface area contributed by atoms with E-state index in [9.17, 15) is 4.79 Å². The monoisotopic (exact) mass is 299 g/mol. The van der Waals surface area contributed by atoms with Crippen LogP contribution in [0.3, 0.4) is 0 Å². The minimum absolute atomic E-state index is 0.215. The number of hydrogen-bond donors (Lipinski definition) is 1. The lowest BCUT2D eigenvalue weighted by Gasteiger charge is -2.10. The first-order valence-corrected chi connectivity index (χ1v) is 6.54. The van der Waals surface area contributed by atoms with Crippen molar-refractivity contribution >= 4 is 21.9 Å². The highest BCUT2D eigenvalue weighted by Gasteiger charge is 2.05. The van der Waals surface area contributed by atoms with Crippen molar-refractivity contribution in [2.75, 3.05) is 6.54 Å². The van der Waals surface area contributed by atoms with Crippen LogP contribution in [0.2, 0.25) is 0 Å². The fourth-order valence-corrected chi connectivity index (χ4v) is 1.46. The van der Waals surface area contributed by atoms with Crippen LogP contribution in [0.1, 0.15) is 25.8 Å². The fourth-order valence-electron chi connectivity index (χ4n) is 1.20. The Morgan fingerprint density at radius 1 is 1.41 bits per heavy atom. The molecule has 1 aromatic carbocycles. The van der Waals surface area contributed by atoms with Gasteiger partial charge >= 0.3 is 5.97 Å². The Morgan fingerprint density at radius 2 is 2.06 bits per heavy atom. The third-order valence-electron chi connectivity index (χ3n) is 2.52. The maximum atomic E-state index is 11.4. The molecule has 0 aliphatic rings. The molecule has 0 saturated carbocycles. The predicted octanol–water partition coefficient (Wildman–Crippen LogP) is 2.88. The van der Waals surface area contributed by atoms with Gasteiger partial charge in [0, 0.05) is 10.5 Å². The molecule has 4 heteroatoms. The largest absolute Gasteiger partial charge is 0.460 e. The highest BCUT2D eigenvalue weighted by atomic mass is 79.9. The van der Waals surface area contributed by atoms with E-state index in [4.69, 9.17) is 4.74 Å². The molecule has 1 unspecified atom stereocenters. The Hall–Kier alpha value is -0.870. The number of nitrogens with one attached hydrogen (secondary N) is 1. The SMILES string of the molecule is CCC(C)NCC(=O)OCc1ccc(Br)cc1. The number of carbonyl (C=O) groups is 1. The average Bonchev–Trinajstić information content (AvgIpc) is 2.35. The molecule has 0 aliphatic heterocycles. The molecule has 0 radical (unpaired) electrons. The Bertz CT molecular complexity index is 351. The molecule has 0 aromatic heterocycles. The molecule has 1 rings (SSSR count). The molecule has 1 atom stereocenters. The van der Waals surface area contributed by atoms with E-state index < -0.39 is 0 Å². The molecule has 0 amide bonds. The molecule has 1 N–H and O–H groups in total. The fraction of sp³-hybridized carbons (Fsp3) is 0.462. The summed E-state index contributed by atoms with van der Waals surface area (Å²) in [4.78, 5) is 11.4. The number of ether oxygens (including phenoxy) is 1. The van der Waals surface area contributed by atoms with Crippen molar-refractivity contribution in [2.45, 2.75) is 32.9 Å². The zero-order chi connectivity index (χ0) is 12.7. The van der Waals surface area contributed by atoms with E-state index in [1.807, 2.05) is 31.2 Å². The number of hydrogen-bond acceptors (Lipinski definition) is 3. The van der Waals surface area contributed by atoms with Crippen molar-refractivity contribution in [1.82, 2.24) is 5.32 Å². The summed E-state index contributed by atoms with van der Waals surface area (Å²) in [5.41, 5.74) is 0.991. The Labute approximate surface area is 111 Å². The van der Waals surface area contributed by atoms with Crippen LogP contribution < -0.4 is 5.32 Å². The second-order valence-electron chi connectivity index (χ2n) is 3.98. The zero-order valence-corrected chi connectivity index (χ0v) is 11.8. The van der Waals surface area contributed by atoms with Crippen molar-refractivity contribution in [3.05, 3.63) is 34.3 Å². The van der Waals surface area contributed by atoms with E-state index in [1.54, 1.807) is 0 Å². The summed E-state index contributed by atoms with van der Waals surface area (Å²) in [6, 6.07) is 8.07. The first-order chi connectivity index (χ1) is 8.11. The number of rotatable bonds is 6. The van der Waals surface area contributed by atoms with Gasteiger partial charge in [-0.3, -0.25) is 4.79 Å². The van der Waals surface area contributed by atoms with Crippen LogP contribution in [-0.2, 0) is 16.1 Å². The van der Waals surface area contributed by atoms with Crippen LogP contribution in [0.25, 0.3) is 0 Å². The normalized spacial score (nSPS) is 12.2. The molecule has 0 saturated heterocycles. The molecule has 3 nitrogen and oxygen atoms in total. The molecule has 1 aromatic rings. The molecular formula is C13H18BrNO2. The van der Waals surface area contributed by atoms with Gasteiger partial charge in [0.25, 0.3) is 0 Å². The van der Waals surface area contributed by atoms with Crippen LogP contribution in [0, 0.1) is 0 Å². The number of halogens is 1. The second kappa shape index (κ2) is 7.45. The van der Waals surface area contributed by atoms with Gasteiger partial charge in [0.2, 0.25) is 0 Å². The minimum atomic E-state index is -0.215. The lowest BCUT2D eigenvalue weighted by Crippen LogP contribution is -2.31. The summed E-state index contributed by atoms with van der Waals surface area (Å²) >= 11 is 3.36. The third kappa shape index (κ3) is 5.84. The van der Waals surface area contributed by atoms with Gasteiger partial charge in [-0.2, -0.15) is 0 Å². The van der Waals surface area contributed by atoms with Crippen LogP contribution >= 0.6 is 15.9 Å².